The normalized spacial score (nSPS) is 17.5. The molecule has 1 N–H and O–H groups in total. The summed E-state index contributed by atoms with van der Waals surface area (Å²) in [6, 6.07) is 6.37. The van der Waals surface area contributed by atoms with Gasteiger partial charge < -0.3 is 0 Å². The van der Waals surface area contributed by atoms with E-state index >= 15 is 0 Å². The summed E-state index contributed by atoms with van der Waals surface area (Å²) >= 11 is 1.61. The van der Waals surface area contributed by atoms with Crippen LogP contribution in [0.25, 0.3) is 0 Å². The molecule has 1 aliphatic heterocycles. The van der Waals surface area contributed by atoms with Gasteiger partial charge in [-0.2, -0.15) is 5.10 Å². The third kappa shape index (κ3) is 4.84. The number of nitrogens with zero attached hydrogens (tertiary/aromatic N) is 2. The van der Waals surface area contributed by atoms with Crippen molar-refractivity contribution >= 4 is 35.0 Å². The lowest BCUT2D eigenvalue weighted by Crippen LogP contribution is -2.28. The van der Waals surface area contributed by atoms with Crippen molar-refractivity contribution in [3.8, 4) is 0 Å². The molecule has 0 bridgehead atoms. The van der Waals surface area contributed by atoms with Crippen molar-refractivity contribution in [2.45, 2.75) is 26.3 Å². The van der Waals surface area contributed by atoms with Gasteiger partial charge >= 0.3 is 0 Å². The minimum Gasteiger partial charge on any atom is -0.256 e. The third-order valence-corrected chi connectivity index (χ3v) is 3.12. The Kier molecular flexibility index (Phi) is 5.38. The van der Waals surface area contributed by atoms with Crippen LogP contribution in [0.4, 0.5) is 4.39 Å². The predicted octanol–water partition coefficient (Wildman–Crippen LogP) is 3.44. The molecule has 6 heteroatoms. The fraction of sp³-hybridized carbons (Fsp3) is 0.385. The number of amidine groups is 1. The zero-order valence-electron chi connectivity index (χ0n) is 11.1. The summed E-state index contributed by atoms with van der Waals surface area (Å²) < 4.78 is 12.8. The fourth-order valence-corrected chi connectivity index (χ4v) is 2.42. The Bertz CT molecular complexity index is 492. The van der Waals surface area contributed by atoms with Gasteiger partial charge in [-0.1, -0.05) is 23.9 Å². The van der Waals surface area contributed by atoms with Gasteiger partial charge in [-0.25, -0.2) is 4.39 Å². The van der Waals surface area contributed by atoms with E-state index in [1.165, 1.54) is 12.1 Å². The van der Waals surface area contributed by atoms with Gasteiger partial charge in [0.25, 0.3) is 0 Å². The van der Waals surface area contributed by atoms with Gasteiger partial charge in [0.1, 0.15) is 5.82 Å². The molecule has 3 nitrogen and oxygen atoms in total. The molecule has 1 aliphatic rings. The summed E-state index contributed by atoms with van der Waals surface area (Å²) in [6.45, 7) is 6.13. The van der Waals surface area contributed by atoms with E-state index in [0.29, 0.717) is 0 Å². The standard InChI is InChI=1S/C13H16FN3S.ClH/c1-13(2,3)15-12-17-16-11(8-18-12)9-4-6-10(14)7-5-9;/h4-7H,8H2,1-3H3,(H,15,17);1H. The molecule has 0 saturated carbocycles. The van der Waals surface area contributed by atoms with Crippen molar-refractivity contribution in [3.05, 3.63) is 35.6 Å². The van der Waals surface area contributed by atoms with E-state index in [2.05, 4.69) is 15.5 Å². The van der Waals surface area contributed by atoms with Gasteiger partial charge in [0.15, 0.2) is 5.17 Å². The summed E-state index contributed by atoms with van der Waals surface area (Å²) in [5.41, 5.74) is 4.68. The van der Waals surface area contributed by atoms with Crippen LogP contribution in [0, 0.1) is 5.82 Å². The maximum absolute atomic E-state index is 12.8. The number of hydrogen-bond acceptors (Lipinski definition) is 3. The van der Waals surface area contributed by atoms with E-state index < -0.39 is 0 Å². The average molecular weight is 302 g/mol. The van der Waals surface area contributed by atoms with Crippen LogP contribution in [0.3, 0.4) is 0 Å². The van der Waals surface area contributed by atoms with Crippen LogP contribution in [0.2, 0.25) is 0 Å². The molecule has 0 aliphatic carbocycles. The highest BCUT2D eigenvalue weighted by Crippen LogP contribution is 2.17. The van der Waals surface area contributed by atoms with Crippen molar-refractivity contribution in [2.75, 3.05) is 5.75 Å². The molecule has 0 radical (unpaired) electrons. The number of halogens is 2. The van der Waals surface area contributed by atoms with Gasteiger partial charge in [-0.05, 0) is 38.5 Å². The molecule has 1 aromatic rings. The highest BCUT2D eigenvalue weighted by Gasteiger charge is 2.16. The molecule has 0 saturated heterocycles. The lowest BCUT2D eigenvalue weighted by molar-refractivity contribution is 0.582. The first-order chi connectivity index (χ1) is 8.44. The first-order valence-electron chi connectivity index (χ1n) is 5.75. The zero-order chi connectivity index (χ0) is 13.2. The number of hydrogen-bond donors (Lipinski definition) is 1. The smallest absolute Gasteiger partial charge is 0.178 e. The Morgan fingerprint density at radius 2 is 1.89 bits per heavy atom. The van der Waals surface area contributed by atoms with E-state index in [4.69, 9.17) is 0 Å². The van der Waals surface area contributed by atoms with Crippen LogP contribution in [0.15, 0.2) is 34.4 Å². The van der Waals surface area contributed by atoms with Crippen molar-refractivity contribution in [2.24, 2.45) is 10.1 Å². The van der Waals surface area contributed by atoms with Crippen LogP contribution < -0.4 is 5.43 Å². The number of rotatable bonds is 1. The van der Waals surface area contributed by atoms with Gasteiger partial charge in [-0.15, -0.1) is 12.4 Å². The highest BCUT2D eigenvalue weighted by atomic mass is 35.5. The maximum atomic E-state index is 12.8. The summed E-state index contributed by atoms with van der Waals surface area (Å²) in [6.07, 6.45) is 0. The van der Waals surface area contributed by atoms with Crippen LogP contribution in [0.5, 0.6) is 0 Å². The van der Waals surface area contributed by atoms with E-state index in [0.717, 1.165) is 22.2 Å². The van der Waals surface area contributed by atoms with E-state index in [9.17, 15) is 4.39 Å². The largest absolute Gasteiger partial charge is 0.256 e. The first-order valence-corrected chi connectivity index (χ1v) is 6.74. The maximum Gasteiger partial charge on any atom is 0.178 e. The number of nitrogens with one attached hydrogen (secondary N) is 1. The molecule has 2 rings (SSSR count). The van der Waals surface area contributed by atoms with Crippen LogP contribution in [-0.4, -0.2) is 22.2 Å². The summed E-state index contributed by atoms with van der Waals surface area (Å²) in [7, 11) is 0. The van der Waals surface area contributed by atoms with Gasteiger partial charge in [0.2, 0.25) is 0 Å². The topological polar surface area (TPSA) is 36.8 Å². The van der Waals surface area contributed by atoms with Crippen LogP contribution in [-0.2, 0) is 0 Å². The Hall–Kier alpha value is -1.07. The van der Waals surface area contributed by atoms with Crippen LogP contribution in [0.1, 0.15) is 26.3 Å². The summed E-state index contributed by atoms with van der Waals surface area (Å²) in [5, 5.41) is 5.11. The molecule has 0 atom stereocenters. The summed E-state index contributed by atoms with van der Waals surface area (Å²) in [4.78, 5) is 4.51. The molecule has 1 aromatic carbocycles. The molecule has 0 aromatic heterocycles. The minimum absolute atomic E-state index is 0. The Balaban J connectivity index is 0.00000180. The van der Waals surface area contributed by atoms with Gasteiger partial charge in [0.05, 0.1) is 11.3 Å². The molecular formula is C13H17ClFN3S. The second kappa shape index (κ2) is 6.39. The zero-order valence-corrected chi connectivity index (χ0v) is 12.7. The number of thioether (sulfide) groups is 1. The monoisotopic (exact) mass is 301 g/mol. The number of hydrazone groups is 1. The van der Waals surface area contributed by atoms with Crippen molar-refractivity contribution in [1.29, 1.82) is 0 Å². The van der Waals surface area contributed by atoms with Crippen LogP contribution >= 0.6 is 24.2 Å². The van der Waals surface area contributed by atoms with E-state index in [-0.39, 0.29) is 23.8 Å². The highest BCUT2D eigenvalue weighted by molar-refractivity contribution is 8.14. The first kappa shape index (κ1) is 16.0. The van der Waals surface area contributed by atoms with Gasteiger partial charge in [0, 0.05) is 5.75 Å². The Morgan fingerprint density at radius 1 is 1.26 bits per heavy atom. The quantitative estimate of drug-likeness (QED) is 0.862. The second-order valence-electron chi connectivity index (χ2n) is 5.05. The Morgan fingerprint density at radius 3 is 2.37 bits per heavy atom. The lowest BCUT2D eigenvalue weighted by atomic mass is 10.1. The van der Waals surface area contributed by atoms with Crippen molar-refractivity contribution in [3.63, 3.8) is 0 Å². The molecule has 0 fully saturated rings. The molecular weight excluding hydrogens is 285 g/mol. The molecule has 19 heavy (non-hydrogen) atoms. The van der Waals surface area contributed by atoms with Gasteiger partial charge in [-0.3, -0.25) is 10.4 Å². The Labute approximate surface area is 123 Å². The van der Waals surface area contributed by atoms with Crippen molar-refractivity contribution in [1.82, 2.24) is 5.43 Å². The number of aliphatic imine (C=N–C) groups is 1. The third-order valence-electron chi connectivity index (χ3n) is 2.25. The van der Waals surface area contributed by atoms with E-state index in [1.54, 1.807) is 23.9 Å². The minimum atomic E-state index is -0.231. The fourth-order valence-electron chi connectivity index (χ4n) is 1.47. The molecule has 0 spiro atoms. The number of benzene rings is 1. The lowest BCUT2D eigenvalue weighted by Gasteiger charge is -2.19. The molecule has 1 heterocycles. The molecule has 104 valence electrons. The predicted molar refractivity (Wildman–Crippen MR) is 83.0 cm³/mol. The molecule has 0 amide bonds. The van der Waals surface area contributed by atoms with E-state index in [1.807, 2.05) is 20.8 Å². The second-order valence-corrected chi connectivity index (χ2v) is 6.02. The van der Waals surface area contributed by atoms with Crippen molar-refractivity contribution < 1.29 is 4.39 Å². The summed E-state index contributed by atoms with van der Waals surface area (Å²) in [5.74, 6) is 0.513. The molecule has 0 unspecified atom stereocenters. The SMILES string of the molecule is CC(C)(C)N=C1NN=C(c2ccc(F)cc2)CS1.Cl. The average Bonchev–Trinajstić information content (AvgIpc) is 2.29.